The molecule has 0 aliphatic heterocycles. The maximum atomic E-state index is 12.5. The lowest BCUT2D eigenvalue weighted by molar-refractivity contribution is 0.102. The number of nitrogens with zero attached hydrogens (tertiary/aromatic N) is 3. The number of carbonyl (C=O) groups excluding carboxylic acids is 1. The molecule has 0 saturated carbocycles. The first kappa shape index (κ1) is 15.4. The second-order valence-electron chi connectivity index (χ2n) is 5.32. The van der Waals surface area contributed by atoms with Gasteiger partial charge in [0.15, 0.2) is 10.8 Å². The van der Waals surface area contributed by atoms with Crippen LogP contribution >= 0.6 is 11.3 Å². The van der Waals surface area contributed by atoms with E-state index in [9.17, 15) is 9.59 Å². The third-order valence-corrected chi connectivity index (χ3v) is 4.73. The quantitative estimate of drug-likeness (QED) is 0.767. The van der Waals surface area contributed by atoms with Crippen molar-refractivity contribution in [3.05, 3.63) is 44.4 Å². The molecule has 7 nitrogen and oxygen atoms in total. The monoisotopic (exact) mass is 331 g/mol. The molecule has 3 heterocycles. The minimum Gasteiger partial charge on any atom is -0.305 e. The lowest BCUT2D eigenvalue weighted by Crippen LogP contribution is -2.26. The molecule has 8 heteroatoms. The Bertz CT molecular complexity index is 937. The number of nitrogens with one attached hydrogen (secondary N) is 2. The molecule has 2 N–H and O–H groups in total. The fourth-order valence-corrected chi connectivity index (χ4v) is 3.27. The topological polar surface area (TPSA) is 92.2 Å². The van der Waals surface area contributed by atoms with Crippen molar-refractivity contribution in [1.82, 2.24) is 19.6 Å². The van der Waals surface area contributed by atoms with Gasteiger partial charge in [-0.2, -0.15) is 5.10 Å². The van der Waals surface area contributed by atoms with Crippen LogP contribution in [0.25, 0.3) is 4.96 Å². The summed E-state index contributed by atoms with van der Waals surface area (Å²) in [5.41, 5.74) is 1.39. The van der Waals surface area contributed by atoms with Crippen molar-refractivity contribution >= 4 is 28.0 Å². The number of aromatic nitrogens is 4. The fourth-order valence-electron chi connectivity index (χ4n) is 2.34. The number of H-pyrrole nitrogens is 1. The number of anilines is 1. The molecule has 23 heavy (non-hydrogen) atoms. The summed E-state index contributed by atoms with van der Waals surface area (Å²) in [6.45, 7) is 5.83. The Morgan fingerprint density at radius 3 is 2.96 bits per heavy atom. The van der Waals surface area contributed by atoms with Crippen LogP contribution in [-0.4, -0.2) is 25.5 Å². The molecule has 3 aromatic rings. The minimum atomic E-state index is -0.505. The predicted octanol–water partition coefficient (Wildman–Crippen LogP) is 2.30. The summed E-state index contributed by atoms with van der Waals surface area (Å²) >= 11 is 1.43. The van der Waals surface area contributed by atoms with Gasteiger partial charge in [0, 0.05) is 28.5 Å². The first-order valence-corrected chi connectivity index (χ1v) is 8.16. The van der Waals surface area contributed by atoms with Crippen molar-refractivity contribution in [2.75, 3.05) is 5.32 Å². The Hall–Kier alpha value is -2.48. The van der Waals surface area contributed by atoms with Crippen molar-refractivity contribution in [2.24, 2.45) is 0 Å². The molecule has 3 aromatic heterocycles. The van der Waals surface area contributed by atoms with Crippen molar-refractivity contribution in [2.45, 2.75) is 33.6 Å². The van der Waals surface area contributed by atoms with Crippen LogP contribution in [0, 0.1) is 13.8 Å². The minimum absolute atomic E-state index is 0.00319. The van der Waals surface area contributed by atoms with Gasteiger partial charge in [-0.15, -0.1) is 11.3 Å². The smallest absolute Gasteiger partial charge is 0.271 e. The van der Waals surface area contributed by atoms with E-state index in [1.807, 2.05) is 13.8 Å². The van der Waals surface area contributed by atoms with E-state index < -0.39 is 5.91 Å². The van der Waals surface area contributed by atoms with Crippen LogP contribution in [-0.2, 0) is 6.42 Å². The van der Waals surface area contributed by atoms with E-state index in [-0.39, 0.29) is 11.1 Å². The zero-order chi connectivity index (χ0) is 16.6. The Kier molecular flexibility index (Phi) is 3.99. The van der Waals surface area contributed by atoms with Gasteiger partial charge in [0.05, 0.1) is 0 Å². The van der Waals surface area contributed by atoms with E-state index in [1.54, 1.807) is 6.07 Å². The Morgan fingerprint density at radius 1 is 1.43 bits per heavy atom. The molecule has 1 amide bonds. The number of hydrogen-bond acceptors (Lipinski definition) is 5. The zero-order valence-electron chi connectivity index (χ0n) is 13.1. The molecule has 0 aliphatic carbocycles. The lowest BCUT2D eigenvalue weighted by atomic mass is 10.2. The van der Waals surface area contributed by atoms with Gasteiger partial charge in [0.25, 0.3) is 11.5 Å². The molecule has 0 atom stereocenters. The number of rotatable bonds is 4. The van der Waals surface area contributed by atoms with Crippen molar-refractivity contribution in [3.8, 4) is 0 Å². The summed E-state index contributed by atoms with van der Waals surface area (Å²) in [4.78, 5) is 30.7. The van der Waals surface area contributed by atoms with E-state index >= 15 is 0 Å². The highest BCUT2D eigenvalue weighted by molar-refractivity contribution is 7.17. The fraction of sp³-hybridized carbons (Fsp3) is 0.333. The van der Waals surface area contributed by atoms with Gasteiger partial charge < -0.3 is 5.32 Å². The summed E-state index contributed by atoms with van der Waals surface area (Å²) in [6.07, 6.45) is 3.16. The van der Waals surface area contributed by atoms with Gasteiger partial charge in [-0.25, -0.2) is 4.98 Å². The highest BCUT2D eigenvalue weighted by Crippen LogP contribution is 2.18. The number of amides is 1. The molecule has 0 aromatic carbocycles. The molecular formula is C15H17N5O2S. The third-order valence-electron chi connectivity index (χ3n) is 3.65. The highest BCUT2D eigenvalue weighted by Gasteiger charge is 2.17. The van der Waals surface area contributed by atoms with E-state index in [4.69, 9.17) is 0 Å². The predicted molar refractivity (Wildman–Crippen MR) is 89.3 cm³/mol. The van der Waals surface area contributed by atoms with E-state index in [2.05, 4.69) is 27.4 Å². The van der Waals surface area contributed by atoms with Crippen LogP contribution in [0.2, 0.25) is 0 Å². The third kappa shape index (κ3) is 2.77. The standard InChI is InChI=1S/C15H17N5O2S/c1-4-5-10-6-12(19-18-10)17-13(21)11-7-16-15-20(14(11)22)8(2)9(3)23-15/h6-7H,4-5H2,1-3H3,(H2,17,18,19,21). The SMILES string of the molecule is CCCc1cc(NC(=O)c2cnc3sc(C)c(C)n3c2=O)n[nH]1. The number of thiazole rings is 1. The van der Waals surface area contributed by atoms with Crippen LogP contribution in [0.15, 0.2) is 17.1 Å². The first-order chi connectivity index (χ1) is 11.0. The Labute approximate surface area is 136 Å². The van der Waals surface area contributed by atoms with Crippen molar-refractivity contribution in [3.63, 3.8) is 0 Å². The number of aromatic amines is 1. The number of carbonyl (C=O) groups is 1. The van der Waals surface area contributed by atoms with E-state index in [0.717, 1.165) is 29.1 Å². The second kappa shape index (κ2) is 5.96. The first-order valence-electron chi connectivity index (χ1n) is 7.34. The Balaban J connectivity index is 1.92. The summed E-state index contributed by atoms with van der Waals surface area (Å²) < 4.78 is 1.47. The summed E-state index contributed by atoms with van der Waals surface area (Å²) in [5.74, 6) is -0.101. The molecular weight excluding hydrogens is 314 g/mol. The molecule has 0 unspecified atom stereocenters. The van der Waals surface area contributed by atoms with Crippen LogP contribution in [0.5, 0.6) is 0 Å². The number of aryl methyl sites for hydroxylation is 3. The van der Waals surface area contributed by atoms with Gasteiger partial charge in [0.2, 0.25) is 0 Å². The average molecular weight is 331 g/mol. The van der Waals surface area contributed by atoms with Gasteiger partial charge in [-0.3, -0.25) is 19.1 Å². The van der Waals surface area contributed by atoms with Gasteiger partial charge in [-0.05, 0) is 20.3 Å². The van der Waals surface area contributed by atoms with Crippen LogP contribution in [0.1, 0.15) is 40.0 Å². The summed E-state index contributed by atoms with van der Waals surface area (Å²) in [5, 5.41) is 9.53. The summed E-state index contributed by atoms with van der Waals surface area (Å²) in [6, 6.07) is 1.77. The number of fused-ring (bicyclic) bond motifs is 1. The normalized spacial score (nSPS) is 11.1. The zero-order valence-corrected chi connectivity index (χ0v) is 14.0. The van der Waals surface area contributed by atoms with Gasteiger partial charge in [0.1, 0.15) is 5.56 Å². The Morgan fingerprint density at radius 2 is 2.22 bits per heavy atom. The molecule has 0 bridgehead atoms. The van der Waals surface area contributed by atoms with E-state index in [0.29, 0.717) is 10.8 Å². The summed E-state index contributed by atoms with van der Waals surface area (Å²) in [7, 11) is 0. The highest BCUT2D eigenvalue weighted by atomic mass is 32.1. The molecule has 3 rings (SSSR count). The maximum absolute atomic E-state index is 12.5. The van der Waals surface area contributed by atoms with Crippen LogP contribution in [0.4, 0.5) is 5.82 Å². The van der Waals surface area contributed by atoms with Gasteiger partial charge in [-0.1, -0.05) is 13.3 Å². The maximum Gasteiger partial charge on any atom is 0.271 e. The molecule has 0 spiro atoms. The molecule has 0 fully saturated rings. The van der Waals surface area contributed by atoms with Crippen molar-refractivity contribution < 1.29 is 4.79 Å². The van der Waals surface area contributed by atoms with Crippen LogP contribution in [0.3, 0.4) is 0 Å². The molecule has 120 valence electrons. The molecule has 0 saturated heterocycles. The average Bonchev–Trinajstić information content (AvgIpc) is 3.05. The van der Waals surface area contributed by atoms with Crippen molar-refractivity contribution in [1.29, 1.82) is 0 Å². The molecule has 0 aliphatic rings. The second-order valence-corrected chi connectivity index (χ2v) is 6.50. The van der Waals surface area contributed by atoms with E-state index in [1.165, 1.54) is 21.9 Å². The number of hydrogen-bond donors (Lipinski definition) is 2. The lowest BCUT2D eigenvalue weighted by Gasteiger charge is -2.02. The largest absolute Gasteiger partial charge is 0.305 e. The van der Waals surface area contributed by atoms with Crippen LogP contribution < -0.4 is 10.9 Å². The molecule has 0 radical (unpaired) electrons. The van der Waals surface area contributed by atoms with Gasteiger partial charge >= 0.3 is 0 Å².